The van der Waals surface area contributed by atoms with Crippen molar-refractivity contribution in [3.8, 4) is 22.9 Å². The molecule has 0 fully saturated rings. The minimum atomic E-state index is -0.308. The summed E-state index contributed by atoms with van der Waals surface area (Å²) in [5, 5.41) is 14.1. The number of phenolic OH excluding ortho intramolecular Hbond substituents is 1. The first-order chi connectivity index (χ1) is 15.9. The van der Waals surface area contributed by atoms with Crippen LogP contribution in [0.25, 0.3) is 5.69 Å². The van der Waals surface area contributed by atoms with Crippen LogP contribution >= 0.6 is 23.2 Å². The number of amides is 1. The van der Waals surface area contributed by atoms with Crippen LogP contribution in [0.5, 0.6) is 17.2 Å². The summed E-state index contributed by atoms with van der Waals surface area (Å²) in [6.45, 7) is 2.76. The summed E-state index contributed by atoms with van der Waals surface area (Å²) in [6, 6.07) is 20.1. The molecule has 3 aromatic carbocycles. The van der Waals surface area contributed by atoms with Gasteiger partial charge in [-0.05, 0) is 48.9 Å². The van der Waals surface area contributed by atoms with E-state index < -0.39 is 0 Å². The summed E-state index contributed by atoms with van der Waals surface area (Å²) >= 11 is 12.0. The molecule has 0 saturated heterocycles. The number of aromatic nitrogens is 3. The van der Waals surface area contributed by atoms with Crippen LogP contribution < -0.4 is 4.74 Å². The van der Waals surface area contributed by atoms with Gasteiger partial charge in [0.15, 0.2) is 5.75 Å². The molecule has 0 spiro atoms. The van der Waals surface area contributed by atoms with Crippen molar-refractivity contribution < 1.29 is 14.6 Å². The molecule has 7 nitrogen and oxygen atoms in total. The van der Waals surface area contributed by atoms with Crippen LogP contribution in [0.1, 0.15) is 23.1 Å². The van der Waals surface area contributed by atoms with Gasteiger partial charge in [-0.3, -0.25) is 4.79 Å². The van der Waals surface area contributed by atoms with Crippen molar-refractivity contribution in [2.24, 2.45) is 0 Å². The minimum absolute atomic E-state index is 0.0428. The predicted octanol–water partition coefficient (Wildman–Crippen LogP) is 5.73. The first kappa shape index (κ1) is 22.6. The molecule has 0 bridgehead atoms. The molecule has 168 valence electrons. The molecule has 4 rings (SSSR count). The Morgan fingerprint density at radius 2 is 1.67 bits per heavy atom. The molecule has 4 aromatic rings. The van der Waals surface area contributed by atoms with E-state index in [1.54, 1.807) is 4.90 Å². The zero-order chi connectivity index (χ0) is 23.4. The Morgan fingerprint density at radius 1 is 1.03 bits per heavy atom. The third-order valence-electron chi connectivity index (χ3n) is 4.89. The zero-order valence-electron chi connectivity index (χ0n) is 17.7. The second kappa shape index (κ2) is 9.94. The number of para-hydroxylation sites is 1. The third-order valence-corrected chi connectivity index (χ3v) is 5.47. The summed E-state index contributed by atoms with van der Waals surface area (Å²) in [4.78, 5) is 18.8. The highest BCUT2D eigenvalue weighted by molar-refractivity contribution is 6.37. The molecule has 0 radical (unpaired) electrons. The van der Waals surface area contributed by atoms with Gasteiger partial charge < -0.3 is 14.7 Å². The number of carbonyl (C=O) groups excluding carboxylic acids is 1. The monoisotopic (exact) mass is 482 g/mol. The van der Waals surface area contributed by atoms with Gasteiger partial charge in [-0.2, -0.15) is 0 Å². The Hall–Kier alpha value is -3.55. The molecule has 1 heterocycles. The van der Waals surface area contributed by atoms with Gasteiger partial charge in [0.05, 0.1) is 15.7 Å². The molecule has 0 aliphatic rings. The van der Waals surface area contributed by atoms with Crippen molar-refractivity contribution in [2.75, 3.05) is 6.54 Å². The molecule has 0 aliphatic heterocycles. The molecule has 1 amide bonds. The molecule has 0 aliphatic carbocycles. The zero-order valence-corrected chi connectivity index (χ0v) is 19.2. The van der Waals surface area contributed by atoms with Gasteiger partial charge in [-0.15, -0.1) is 5.10 Å². The largest absolute Gasteiger partial charge is 0.505 e. The van der Waals surface area contributed by atoms with Crippen LogP contribution in [-0.4, -0.2) is 37.2 Å². The second-order valence-corrected chi connectivity index (χ2v) is 7.96. The summed E-state index contributed by atoms with van der Waals surface area (Å²) < 4.78 is 7.20. The van der Waals surface area contributed by atoms with E-state index in [1.807, 2.05) is 61.5 Å². The van der Waals surface area contributed by atoms with Crippen LogP contribution in [0.4, 0.5) is 0 Å². The maximum atomic E-state index is 13.0. The molecule has 1 aromatic heterocycles. The Balaban J connectivity index is 1.45. The SMILES string of the molecule is CCN(Cc1ccc(Oc2ccccc2)cc1)C(=O)c1ncn(-c2cc(Cl)c(O)c(Cl)c2)n1. The Labute approximate surface area is 200 Å². The number of rotatable bonds is 7. The van der Waals surface area contributed by atoms with Gasteiger partial charge in [0.1, 0.15) is 17.8 Å². The second-order valence-electron chi connectivity index (χ2n) is 7.15. The molecule has 0 atom stereocenters. The van der Waals surface area contributed by atoms with E-state index in [9.17, 15) is 9.90 Å². The maximum absolute atomic E-state index is 13.0. The van der Waals surface area contributed by atoms with Crippen molar-refractivity contribution in [1.29, 1.82) is 0 Å². The van der Waals surface area contributed by atoms with E-state index in [0.29, 0.717) is 24.5 Å². The number of nitrogens with zero attached hydrogens (tertiary/aromatic N) is 4. The first-order valence-electron chi connectivity index (χ1n) is 10.2. The number of phenols is 1. The quantitative estimate of drug-likeness (QED) is 0.363. The van der Waals surface area contributed by atoms with E-state index in [1.165, 1.54) is 23.1 Å². The van der Waals surface area contributed by atoms with Crippen molar-refractivity contribution >= 4 is 29.1 Å². The number of benzene rings is 3. The van der Waals surface area contributed by atoms with Crippen LogP contribution in [0.2, 0.25) is 10.0 Å². The minimum Gasteiger partial charge on any atom is -0.505 e. The summed E-state index contributed by atoms with van der Waals surface area (Å²) in [5.41, 5.74) is 1.42. The van der Waals surface area contributed by atoms with Crippen LogP contribution in [0.3, 0.4) is 0 Å². The van der Waals surface area contributed by atoms with Gasteiger partial charge in [-0.25, -0.2) is 9.67 Å². The molecule has 0 saturated carbocycles. The highest BCUT2D eigenvalue weighted by Crippen LogP contribution is 2.33. The fourth-order valence-corrected chi connectivity index (χ4v) is 3.62. The number of ether oxygens (including phenoxy) is 1. The first-order valence-corrected chi connectivity index (χ1v) is 10.9. The number of aromatic hydroxyl groups is 1. The van der Waals surface area contributed by atoms with Crippen LogP contribution in [0, 0.1) is 0 Å². The third kappa shape index (κ3) is 5.27. The molecular weight excluding hydrogens is 463 g/mol. The summed E-state index contributed by atoms with van der Waals surface area (Å²) in [7, 11) is 0. The lowest BCUT2D eigenvalue weighted by Crippen LogP contribution is -2.31. The number of hydrogen-bond acceptors (Lipinski definition) is 5. The molecular formula is C24H20Cl2N4O3. The van der Waals surface area contributed by atoms with Crippen LogP contribution in [-0.2, 0) is 6.54 Å². The summed E-state index contributed by atoms with van der Waals surface area (Å²) in [5.74, 6) is 0.994. The lowest BCUT2D eigenvalue weighted by molar-refractivity contribution is 0.0740. The average Bonchev–Trinajstić information content (AvgIpc) is 3.32. The van der Waals surface area contributed by atoms with Crippen molar-refractivity contribution in [2.45, 2.75) is 13.5 Å². The fourth-order valence-electron chi connectivity index (χ4n) is 3.15. The standard InChI is InChI=1S/C24H20Cl2N4O3/c1-2-29(14-16-8-10-19(11-9-16)33-18-6-4-3-5-7-18)24(32)23-27-15-30(28-23)17-12-20(25)22(31)21(26)13-17/h3-13,15,31H,2,14H2,1H3. The average molecular weight is 483 g/mol. The normalized spacial score (nSPS) is 10.8. The van der Waals surface area contributed by atoms with Gasteiger partial charge in [0.25, 0.3) is 5.91 Å². The highest BCUT2D eigenvalue weighted by atomic mass is 35.5. The Kier molecular flexibility index (Phi) is 6.82. The van der Waals surface area contributed by atoms with E-state index in [4.69, 9.17) is 27.9 Å². The Morgan fingerprint density at radius 3 is 2.30 bits per heavy atom. The molecule has 9 heteroatoms. The number of hydrogen-bond donors (Lipinski definition) is 1. The number of halogens is 2. The van der Waals surface area contributed by atoms with Gasteiger partial charge in [0.2, 0.25) is 5.82 Å². The fraction of sp³-hybridized carbons (Fsp3) is 0.125. The van der Waals surface area contributed by atoms with Crippen LogP contribution in [0.15, 0.2) is 73.1 Å². The lowest BCUT2D eigenvalue weighted by atomic mass is 10.2. The number of carbonyl (C=O) groups is 1. The maximum Gasteiger partial charge on any atom is 0.293 e. The predicted molar refractivity (Wildman–Crippen MR) is 126 cm³/mol. The molecule has 1 N–H and O–H groups in total. The van der Waals surface area contributed by atoms with Gasteiger partial charge in [0, 0.05) is 13.1 Å². The smallest absolute Gasteiger partial charge is 0.293 e. The van der Waals surface area contributed by atoms with E-state index in [0.717, 1.165) is 11.3 Å². The van der Waals surface area contributed by atoms with Crippen molar-refractivity contribution in [1.82, 2.24) is 19.7 Å². The van der Waals surface area contributed by atoms with Crippen molar-refractivity contribution in [3.63, 3.8) is 0 Å². The highest BCUT2D eigenvalue weighted by Gasteiger charge is 2.20. The van der Waals surface area contributed by atoms with Gasteiger partial charge in [-0.1, -0.05) is 53.5 Å². The topological polar surface area (TPSA) is 80.5 Å². The lowest BCUT2D eigenvalue weighted by Gasteiger charge is -2.19. The molecule has 0 unspecified atom stereocenters. The van der Waals surface area contributed by atoms with Gasteiger partial charge >= 0.3 is 0 Å². The van der Waals surface area contributed by atoms with Crippen molar-refractivity contribution in [3.05, 3.63) is 94.5 Å². The van der Waals surface area contributed by atoms with E-state index in [2.05, 4.69) is 10.1 Å². The summed E-state index contributed by atoms with van der Waals surface area (Å²) in [6.07, 6.45) is 1.40. The van der Waals surface area contributed by atoms with E-state index in [-0.39, 0.29) is 27.5 Å². The Bertz CT molecular complexity index is 1240. The van der Waals surface area contributed by atoms with E-state index >= 15 is 0 Å². The molecule has 33 heavy (non-hydrogen) atoms.